The summed E-state index contributed by atoms with van der Waals surface area (Å²) in [5.41, 5.74) is 0.626. The van der Waals surface area contributed by atoms with Crippen LogP contribution in [-0.4, -0.2) is 9.97 Å². The van der Waals surface area contributed by atoms with Crippen LogP contribution in [0.2, 0.25) is 0 Å². The second-order valence-electron chi connectivity index (χ2n) is 4.11. The molecule has 0 atom stereocenters. The maximum absolute atomic E-state index is 11.4. The van der Waals surface area contributed by atoms with Gasteiger partial charge in [0.1, 0.15) is 5.76 Å². The van der Waals surface area contributed by atoms with Crippen molar-refractivity contribution in [2.24, 2.45) is 0 Å². The number of aromatic amines is 1. The minimum Gasteiger partial charge on any atom is -0.467 e. The van der Waals surface area contributed by atoms with Gasteiger partial charge in [0.25, 0.3) is 5.56 Å². The fourth-order valence-corrected chi connectivity index (χ4v) is 1.44. The van der Waals surface area contributed by atoms with E-state index in [4.69, 9.17) is 4.42 Å². The predicted molar refractivity (Wildman–Crippen MR) is 65.0 cm³/mol. The Labute approximate surface area is 98.9 Å². The van der Waals surface area contributed by atoms with Crippen LogP contribution in [0.5, 0.6) is 0 Å². The highest BCUT2D eigenvalue weighted by Crippen LogP contribution is 2.10. The van der Waals surface area contributed by atoms with Crippen molar-refractivity contribution in [2.75, 3.05) is 5.32 Å². The van der Waals surface area contributed by atoms with Gasteiger partial charge in [-0.05, 0) is 18.1 Å². The van der Waals surface area contributed by atoms with E-state index in [9.17, 15) is 4.79 Å². The number of furan rings is 1. The summed E-state index contributed by atoms with van der Waals surface area (Å²) in [4.78, 5) is 18.4. The molecule has 0 bridgehead atoms. The lowest BCUT2D eigenvalue weighted by Gasteiger charge is -2.07. The van der Waals surface area contributed by atoms with Gasteiger partial charge in [0.05, 0.1) is 18.5 Å². The molecule has 0 saturated heterocycles. The Bertz CT molecular complexity index is 529. The normalized spacial score (nSPS) is 10.8. The Morgan fingerprint density at radius 3 is 3.00 bits per heavy atom. The third-order valence-electron chi connectivity index (χ3n) is 2.36. The zero-order valence-corrected chi connectivity index (χ0v) is 9.86. The quantitative estimate of drug-likeness (QED) is 0.848. The molecule has 0 saturated carbocycles. The van der Waals surface area contributed by atoms with Crippen molar-refractivity contribution in [3.05, 3.63) is 46.3 Å². The summed E-state index contributed by atoms with van der Waals surface area (Å²) in [6, 6.07) is 5.19. The van der Waals surface area contributed by atoms with Crippen molar-refractivity contribution >= 4 is 5.95 Å². The number of rotatable bonds is 4. The molecule has 0 radical (unpaired) electrons. The van der Waals surface area contributed by atoms with Crippen LogP contribution in [-0.2, 0) is 6.54 Å². The Morgan fingerprint density at radius 2 is 2.35 bits per heavy atom. The molecule has 2 N–H and O–H groups in total. The van der Waals surface area contributed by atoms with Crippen LogP contribution in [0.15, 0.2) is 33.7 Å². The summed E-state index contributed by atoms with van der Waals surface area (Å²) in [7, 11) is 0. The largest absolute Gasteiger partial charge is 0.467 e. The maximum atomic E-state index is 11.4. The van der Waals surface area contributed by atoms with Crippen molar-refractivity contribution in [1.82, 2.24) is 9.97 Å². The lowest BCUT2D eigenvalue weighted by atomic mass is 10.1. The number of hydrogen-bond donors (Lipinski definition) is 2. The molecule has 2 heterocycles. The van der Waals surface area contributed by atoms with Crippen LogP contribution in [0.4, 0.5) is 5.95 Å². The molecule has 0 aliphatic carbocycles. The minimum atomic E-state index is -0.148. The molecule has 2 rings (SSSR count). The summed E-state index contributed by atoms with van der Waals surface area (Å²) in [5.74, 6) is 1.49. The van der Waals surface area contributed by atoms with Crippen molar-refractivity contribution < 1.29 is 4.42 Å². The van der Waals surface area contributed by atoms with Crippen molar-refractivity contribution in [1.29, 1.82) is 0 Å². The number of nitrogens with zero attached hydrogens (tertiary/aromatic N) is 1. The number of anilines is 1. The van der Waals surface area contributed by atoms with E-state index >= 15 is 0 Å². The van der Waals surface area contributed by atoms with E-state index in [0.29, 0.717) is 12.5 Å². The Kier molecular flexibility index (Phi) is 3.27. The van der Waals surface area contributed by atoms with Crippen molar-refractivity contribution in [3.8, 4) is 0 Å². The molecular weight excluding hydrogens is 218 g/mol. The molecular formula is C12H15N3O2. The van der Waals surface area contributed by atoms with Gasteiger partial charge in [0, 0.05) is 6.07 Å². The number of nitrogens with one attached hydrogen (secondary N) is 2. The standard InChI is InChI=1S/C12H15N3O2/c1-8(2)10-6-11(16)15-12(14-10)13-7-9-4-3-5-17-9/h3-6,8H,7H2,1-2H3,(H2,13,14,15,16). The first-order chi connectivity index (χ1) is 8.15. The minimum absolute atomic E-state index is 0.148. The Hall–Kier alpha value is -2.04. The number of H-pyrrole nitrogens is 1. The van der Waals surface area contributed by atoms with E-state index in [2.05, 4.69) is 15.3 Å². The Morgan fingerprint density at radius 1 is 1.53 bits per heavy atom. The molecule has 0 spiro atoms. The molecule has 0 amide bonds. The van der Waals surface area contributed by atoms with E-state index in [1.807, 2.05) is 26.0 Å². The smallest absolute Gasteiger partial charge is 0.252 e. The van der Waals surface area contributed by atoms with E-state index in [1.165, 1.54) is 6.07 Å². The molecule has 90 valence electrons. The molecule has 5 nitrogen and oxygen atoms in total. The highest BCUT2D eigenvalue weighted by Gasteiger charge is 2.05. The SMILES string of the molecule is CC(C)c1cc(=O)[nH]c(NCc2ccco2)n1. The fraction of sp³-hybridized carbons (Fsp3) is 0.333. The third-order valence-corrected chi connectivity index (χ3v) is 2.36. The van der Waals surface area contributed by atoms with Gasteiger partial charge in [-0.25, -0.2) is 4.98 Å². The topological polar surface area (TPSA) is 70.9 Å². The lowest BCUT2D eigenvalue weighted by molar-refractivity contribution is 0.517. The Balaban J connectivity index is 2.13. The fourth-order valence-electron chi connectivity index (χ4n) is 1.44. The van der Waals surface area contributed by atoms with Crippen LogP contribution in [0.25, 0.3) is 0 Å². The summed E-state index contributed by atoms with van der Waals surface area (Å²) in [5, 5.41) is 3.02. The summed E-state index contributed by atoms with van der Waals surface area (Å²) in [6.07, 6.45) is 1.61. The molecule has 17 heavy (non-hydrogen) atoms. The maximum Gasteiger partial charge on any atom is 0.252 e. The third kappa shape index (κ3) is 2.96. The number of aromatic nitrogens is 2. The molecule has 0 aliphatic rings. The zero-order valence-electron chi connectivity index (χ0n) is 9.86. The second-order valence-corrected chi connectivity index (χ2v) is 4.11. The molecule has 0 aliphatic heterocycles. The van der Waals surface area contributed by atoms with Gasteiger partial charge in [-0.3, -0.25) is 9.78 Å². The average molecular weight is 233 g/mol. The zero-order chi connectivity index (χ0) is 12.3. The highest BCUT2D eigenvalue weighted by atomic mass is 16.3. The van der Waals surface area contributed by atoms with Crippen LogP contribution in [0.1, 0.15) is 31.2 Å². The predicted octanol–water partition coefficient (Wildman–Crippen LogP) is 2.10. The average Bonchev–Trinajstić information content (AvgIpc) is 2.78. The molecule has 0 unspecified atom stereocenters. The van der Waals surface area contributed by atoms with Gasteiger partial charge in [0.15, 0.2) is 0 Å². The summed E-state index contributed by atoms with van der Waals surface area (Å²) < 4.78 is 5.18. The summed E-state index contributed by atoms with van der Waals surface area (Å²) in [6.45, 7) is 4.49. The molecule has 0 fully saturated rings. The molecule has 0 aromatic carbocycles. The van der Waals surface area contributed by atoms with Gasteiger partial charge in [-0.15, -0.1) is 0 Å². The highest BCUT2D eigenvalue weighted by molar-refractivity contribution is 5.26. The van der Waals surface area contributed by atoms with Crippen LogP contribution >= 0.6 is 0 Å². The second kappa shape index (κ2) is 4.86. The van der Waals surface area contributed by atoms with E-state index in [1.54, 1.807) is 6.26 Å². The first kappa shape index (κ1) is 11.4. The van der Waals surface area contributed by atoms with Gasteiger partial charge in [-0.1, -0.05) is 13.8 Å². The van der Waals surface area contributed by atoms with Crippen molar-refractivity contribution in [2.45, 2.75) is 26.3 Å². The van der Waals surface area contributed by atoms with Crippen LogP contribution in [0.3, 0.4) is 0 Å². The first-order valence-electron chi connectivity index (χ1n) is 5.52. The van der Waals surface area contributed by atoms with Gasteiger partial charge in [-0.2, -0.15) is 0 Å². The van der Waals surface area contributed by atoms with Gasteiger partial charge >= 0.3 is 0 Å². The first-order valence-corrected chi connectivity index (χ1v) is 5.52. The summed E-state index contributed by atoms with van der Waals surface area (Å²) >= 11 is 0. The van der Waals surface area contributed by atoms with Gasteiger partial charge < -0.3 is 9.73 Å². The van der Waals surface area contributed by atoms with Crippen molar-refractivity contribution in [3.63, 3.8) is 0 Å². The van der Waals surface area contributed by atoms with Crippen LogP contribution < -0.4 is 10.9 Å². The van der Waals surface area contributed by atoms with E-state index < -0.39 is 0 Å². The van der Waals surface area contributed by atoms with Gasteiger partial charge in [0.2, 0.25) is 5.95 Å². The molecule has 2 aromatic heterocycles. The number of hydrogen-bond acceptors (Lipinski definition) is 4. The van der Waals surface area contributed by atoms with Crippen LogP contribution in [0, 0.1) is 0 Å². The molecule has 2 aromatic rings. The van der Waals surface area contributed by atoms with E-state index in [0.717, 1.165) is 11.5 Å². The monoisotopic (exact) mass is 233 g/mol. The van der Waals surface area contributed by atoms with E-state index in [-0.39, 0.29) is 11.5 Å². The lowest BCUT2D eigenvalue weighted by Crippen LogP contribution is -2.14. The molecule has 5 heteroatoms.